The first-order valence-corrected chi connectivity index (χ1v) is 14.6. The predicted molar refractivity (Wildman–Crippen MR) is 150 cm³/mol. The van der Waals surface area contributed by atoms with Crippen LogP contribution >= 0.6 is 11.3 Å². The Labute approximate surface area is 228 Å². The Hall–Kier alpha value is -2.65. The van der Waals surface area contributed by atoms with Crippen molar-refractivity contribution >= 4 is 34.4 Å². The topological polar surface area (TPSA) is 72.6 Å². The fraction of sp³-hybridized carbons (Fsp3) is 0.586. The van der Waals surface area contributed by atoms with Gasteiger partial charge >= 0.3 is 0 Å². The zero-order chi connectivity index (χ0) is 26.7. The number of fused-ring (bicyclic) bond motifs is 2. The third-order valence-electron chi connectivity index (χ3n) is 7.66. The molecule has 1 amide bonds. The minimum Gasteiger partial charge on any atom is -0.467 e. The number of nitrogens with zero attached hydrogens (tertiary/aromatic N) is 5. The number of halogens is 1. The SMILES string of the molecule is Cn1cc2c(C(=O)N=CC3CCC(CCN4CCc5nc(OCC(C)(C)F)sc5CC4)CC3)cccc2n1. The van der Waals surface area contributed by atoms with Gasteiger partial charge in [-0.1, -0.05) is 17.4 Å². The third kappa shape index (κ3) is 6.86. The molecule has 0 N–H and O–H groups in total. The van der Waals surface area contributed by atoms with E-state index in [1.54, 1.807) is 16.0 Å². The Kier molecular flexibility index (Phi) is 8.23. The smallest absolute Gasteiger partial charge is 0.277 e. The number of ether oxygens (including phenoxy) is 1. The van der Waals surface area contributed by atoms with Gasteiger partial charge in [-0.15, -0.1) is 0 Å². The number of aryl methyl sites for hydroxylation is 1. The molecule has 2 aromatic heterocycles. The molecule has 2 aliphatic rings. The molecule has 0 unspecified atom stereocenters. The zero-order valence-electron chi connectivity index (χ0n) is 22.7. The lowest BCUT2D eigenvalue weighted by Crippen LogP contribution is -2.29. The van der Waals surface area contributed by atoms with E-state index in [9.17, 15) is 9.18 Å². The molecule has 0 bridgehead atoms. The summed E-state index contributed by atoms with van der Waals surface area (Å²) in [6.07, 6.45) is 11.5. The molecule has 1 saturated carbocycles. The zero-order valence-corrected chi connectivity index (χ0v) is 23.5. The summed E-state index contributed by atoms with van der Waals surface area (Å²) in [6, 6.07) is 5.62. The van der Waals surface area contributed by atoms with Crippen LogP contribution in [0.2, 0.25) is 0 Å². The molecule has 1 aliphatic carbocycles. The van der Waals surface area contributed by atoms with E-state index in [1.165, 1.54) is 38.0 Å². The quantitative estimate of drug-likeness (QED) is 0.345. The maximum absolute atomic E-state index is 13.7. The van der Waals surface area contributed by atoms with Crippen molar-refractivity contribution in [3.8, 4) is 5.19 Å². The molecule has 5 rings (SSSR count). The van der Waals surface area contributed by atoms with Crippen molar-refractivity contribution in [3.63, 3.8) is 0 Å². The summed E-state index contributed by atoms with van der Waals surface area (Å²) in [4.78, 5) is 25.6. The van der Waals surface area contributed by atoms with Gasteiger partial charge in [-0.3, -0.25) is 9.48 Å². The largest absolute Gasteiger partial charge is 0.467 e. The second-order valence-corrected chi connectivity index (χ2v) is 12.4. The van der Waals surface area contributed by atoms with E-state index in [-0.39, 0.29) is 12.5 Å². The van der Waals surface area contributed by atoms with E-state index in [0.717, 1.165) is 67.8 Å². The van der Waals surface area contributed by atoms with Crippen LogP contribution in [0.25, 0.3) is 10.9 Å². The Morgan fingerprint density at radius 1 is 1.24 bits per heavy atom. The molecule has 7 nitrogen and oxygen atoms in total. The molecular weight excluding hydrogens is 501 g/mol. The lowest BCUT2D eigenvalue weighted by atomic mass is 9.81. The Balaban J connectivity index is 1.04. The highest BCUT2D eigenvalue weighted by atomic mass is 32.1. The number of rotatable bonds is 8. The minimum absolute atomic E-state index is 0.0395. The summed E-state index contributed by atoms with van der Waals surface area (Å²) in [5.41, 5.74) is 1.22. The van der Waals surface area contributed by atoms with Crippen molar-refractivity contribution in [2.75, 3.05) is 26.2 Å². The number of benzene rings is 1. The molecule has 3 heterocycles. The second kappa shape index (κ2) is 11.6. The molecule has 0 saturated heterocycles. The highest BCUT2D eigenvalue weighted by molar-refractivity contribution is 7.13. The van der Waals surface area contributed by atoms with Crippen LogP contribution in [0, 0.1) is 11.8 Å². The van der Waals surface area contributed by atoms with Crippen LogP contribution in [-0.4, -0.2) is 63.7 Å². The Morgan fingerprint density at radius 3 is 2.82 bits per heavy atom. The van der Waals surface area contributed by atoms with Gasteiger partial charge in [-0.25, -0.2) is 14.4 Å². The fourth-order valence-corrected chi connectivity index (χ4v) is 6.43. The number of aromatic nitrogens is 3. The first-order valence-electron chi connectivity index (χ1n) is 13.8. The van der Waals surface area contributed by atoms with Crippen molar-refractivity contribution in [1.29, 1.82) is 0 Å². The molecule has 204 valence electrons. The lowest BCUT2D eigenvalue weighted by molar-refractivity contribution is 0.100. The van der Waals surface area contributed by atoms with Crippen LogP contribution in [0.5, 0.6) is 5.19 Å². The molecule has 3 aromatic rings. The van der Waals surface area contributed by atoms with Gasteiger partial charge in [0.2, 0.25) is 0 Å². The van der Waals surface area contributed by atoms with Gasteiger partial charge in [0, 0.05) is 49.2 Å². The van der Waals surface area contributed by atoms with E-state index in [4.69, 9.17) is 4.74 Å². The molecule has 0 spiro atoms. The van der Waals surface area contributed by atoms with Gasteiger partial charge in [0.05, 0.1) is 16.8 Å². The van der Waals surface area contributed by atoms with Crippen LogP contribution in [0.4, 0.5) is 4.39 Å². The van der Waals surface area contributed by atoms with Crippen molar-refractivity contribution < 1.29 is 13.9 Å². The van der Waals surface area contributed by atoms with Crippen LogP contribution in [0.15, 0.2) is 29.4 Å². The highest BCUT2D eigenvalue weighted by Gasteiger charge is 2.24. The van der Waals surface area contributed by atoms with E-state index in [0.29, 0.717) is 16.7 Å². The maximum atomic E-state index is 13.7. The predicted octanol–water partition coefficient (Wildman–Crippen LogP) is 5.67. The van der Waals surface area contributed by atoms with Crippen LogP contribution < -0.4 is 4.74 Å². The lowest BCUT2D eigenvalue weighted by Gasteiger charge is -2.28. The Bertz CT molecular complexity index is 1260. The molecule has 1 aromatic carbocycles. The summed E-state index contributed by atoms with van der Waals surface area (Å²) >= 11 is 1.58. The van der Waals surface area contributed by atoms with E-state index < -0.39 is 5.67 Å². The van der Waals surface area contributed by atoms with Gasteiger partial charge in [-0.2, -0.15) is 5.10 Å². The van der Waals surface area contributed by atoms with E-state index in [1.807, 2.05) is 37.7 Å². The first kappa shape index (κ1) is 26.9. The highest BCUT2D eigenvalue weighted by Crippen LogP contribution is 2.32. The van der Waals surface area contributed by atoms with Crippen LogP contribution in [0.3, 0.4) is 0 Å². The average molecular weight is 540 g/mol. The molecule has 1 aliphatic heterocycles. The number of carbonyl (C=O) groups is 1. The van der Waals surface area contributed by atoms with Gasteiger partial charge in [0.25, 0.3) is 11.1 Å². The van der Waals surface area contributed by atoms with Gasteiger partial charge < -0.3 is 9.64 Å². The summed E-state index contributed by atoms with van der Waals surface area (Å²) in [5, 5.41) is 5.84. The molecule has 38 heavy (non-hydrogen) atoms. The molecule has 0 radical (unpaired) electrons. The number of amides is 1. The Morgan fingerprint density at radius 2 is 2.03 bits per heavy atom. The minimum atomic E-state index is -1.35. The summed E-state index contributed by atoms with van der Waals surface area (Å²) in [7, 11) is 1.86. The van der Waals surface area contributed by atoms with E-state index in [2.05, 4.69) is 20.0 Å². The standard InChI is InChI=1S/C29H38FN5O2S/c1-29(2,30)19-37-28-32-25-12-15-35(16-13-26(25)38-28)14-11-20-7-9-21(10-8-20)17-31-27(36)22-5-4-6-24-23(22)18-34(3)33-24/h4-6,17-18,20-21H,7-16,19H2,1-3H3. The number of hydrogen-bond acceptors (Lipinski definition) is 6. The van der Waals surface area contributed by atoms with E-state index >= 15 is 0 Å². The molecular formula is C29H38FN5O2S. The van der Waals surface area contributed by atoms with Crippen molar-refractivity contribution in [2.24, 2.45) is 23.9 Å². The van der Waals surface area contributed by atoms with Gasteiger partial charge in [-0.05, 0) is 82.9 Å². The summed E-state index contributed by atoms with van der Waals surface area (Å²) < 4.78 is 21.1. The average Bonchev–Trinajstić information content (AvgIpc) is 3.42. The van der Waals surface area contributed by atoms with Gasteiger partial charge in [0.1, 0.15) is 12.3 Å². The fourth-order valence-electron chi connectivity index (χ4n) is 5.49. The number of hydrogen-bond donors (Lipinski definition) is 0. The monoisotopic (exact) mass is 539 g/mol. The number of alkyl halides is 1. The molecule has 9 heteroatoms. The third-order valence-corrected chi connectivity index (χ3v) is 8.73. The van der Waals surface area contributed by atoms with Crippen LogP contribution in [-0.2, 0) is 19.9 Å². The van der Waals surface area contributed by atoms with Crippen LogP contribution in [0.1, 0.15) is 66.9 Å². The number of thiazole rings is 1. The molecule has 0 atom stereocenters. The molecule has 1 fully saturated rings. The summed E-state index contributed by atoms with van der Waals surface area (Å²) in [5.74, 6) is 0.932. The van der Waals surface area contributed by atoms with Crippen molar-refractivity contribution in [2.45, 2.75) is 64.5 Å². The number of carbonyl (C=O) groups excluding carboxylic acids is 1. The maximum Gasteiger partial charge on any atom is 0.277 e. The first-order chi connectivity index (χ1) is 18.2. The summed E-state index contributed by atoms with van der Waals surface area (Å²) in [6.45, 7) is 6.25. The number of aliphatic imine (C=N–C) groups is 1. The van der Waals surface area contributed by atoms with Crippen molar-refractivity contribution in [3.05, 3.63) is 40.5 Å². The van der Waals surface area contributed by atoms with Gasteiger partial charge in [0.15, 0.2) is 0 Å². The normalized spacial score (nSPS) is 21.1. The second-order valence-electron chi connectivity index (χ2n) is 11.4. The van der Waals surface area contributed by atoms with Crippen molar-refractivity contribution in [1.82, 2.24) is 19.7 Å².